The predicted molar refractivity (Wildman–Crippen MR) is 143 cm³/mol. The topological polar surface area (TPSA) is 171 Å². The number of piperidine rings is 1. The summed E-state index contributed by atoms with van der Waals surface area (Å²) in [7, 11) is -7.33. The highest BCUT2D eigenvalue weighted by Crippen LogP contribution is 2.21. The van der Waals surface area contributed by atoms with E-state index in [-0.39, 0.29) is 34.0 Å². The van der Waals surface area contributed by atoms with Gasteiger partial charge in [0, 0.05) is 37.3 Å². The molecular formula is C25H31N5O8S2. The second-order valence-electron chi connectivity index (χ2n) is 9.21. The Hall–Kier alpha value is -3.37. The van der Waals surface area contributed by atoms with E-state index in [0.29, 0.717) is 26.3 Å². The molecule has 2 saturated heterocycles. The molecule has 3 amide bonds. The number of benzene rings is 2. The van der Waals surface area contributed by atoms with E-state index >= 15 is 0 Å². The summed E-state index contributed by atoms with van der Waals surface area (Å²) in [5, 5.41) is 2.39. The Kier molecular flexibility index (Phi) is 9.52. The normalized spacial score (nSPS) is 17.1. The maximum absolute atomic E-state index is 12.7. The number of amides is 3. The minimum Gasteiger partial charge on any atom is -0.379 e. The maximum atomic E-state index is 12.7. The van der Waals surface area contributed by atoms with Gasteiger partial charge in [-0.1, -0.05) is 6.42 Å². The third-order valence-corrected chi connectivity index (χ3v) is 10.3. The summed E-state index contributed by atoms with van der Waals surface area (Å²) in [5.74, 6) is -1.99. The van der Waals surface area contributed by atoms with Gasteiger partial charge < -0.3 is 10.1 Å². The minimum absolute atomic E-state index is 0.0449. The molecule has 0 bridgehead atoms. The van der Waals surface area contributed by atoms with E-state index in [1.165, 1.54) is 57.1 Å². The number of nitrogens with one attached hydrogen (secondary N) is 3. The molecule has 0 atom stereocenters. The zero-order valence-corrected chi connectivity index (χ0v) is 23.3. The first-order valence-corrected chi connectivity index (χ1v) is 15.6. The third kappa shape index (κ3) is 7.03. The van der Waals surface area contributed by atoms with Crippen LogP contribution in [-0.4, -0.2) is 89.1 Å². The molecule has 0 saturated carbocycles. The molecule has 0 spiro atoms. The molecule has 13 nitrogen and oxygen atoms in total. The van der Waals surface area contributed by atoms with Crippen LogP contribution < -0.4 is 16.2 Å². The van der Waals surface area contributed by atoms with Crippen molar-refractivity contribution >= 4 is 37.8 Å². The van der Waals surface area contributed by atoms with Gasteiger partial charge in [0.25, 0.3) is 17.7 Å². The molecule has 2 aromatic carbocycles. The van der Waals surface area contributed by atoms with Gasteiger partial charge in [0.1, 0.15) is 0 Å². The van der Waals surface area contributed by atoms with Gasteiger partial charge in [0.15, 0.2) is 0 Å². The van der Waals surface area contributed by atoms with E-state index in [0.717, 1.165) is 19.3 Å². The van der Waals surface area contributed by atoms with Gasteiger partial charge in [-0.25, -0.2) is 16.8 Å². The van der Waals surface area contributed by atoms with Gasteiger partial charge in [-0.15, -0.1) is 0 Å². The number of ether oxygens (including phenoxy) is 1. The van der Waals surface area contributed by atoms with Crippen LogP contribution in [0.3, 0.4) is 0 Å². The van der Waals surface area contributed by atoms with Crippen LogP contribution in [0.1, 0.15) is 40.0 Å². The van der Waals surface area contributed by atoms with Crippen LogP contribution in [0.2, 0.25) is 0 Å². The fourth-order valence-corrected chi connectivity index (χ4v) is 7.18. The summed E-state index contributed by atoms with van der Waals surface area (Å²) in [6, 6.07) is 10.7. The lowest BCUT2D eigenvalue weighted by atomic mass is 10.2. The van der Waals surface area contributed by atoms with Crippen molar-refractivity contribution in [1.82, 2.24) is 24.8 Å². The van der Waals surface area contributed by atoms with Crippen molar-refractivity contribution in [3.8, 4) is 0 Å². The molecule has 216 valence electrons. The highest BCUT2D eigenvalue weighted by molar-refractivity contribution is 7.89. The summed E-state index contributed by atoms with van der Waals surface area (Å²) >= 11 is 0. The van der Waals surface area contributed by atoms with E-state index in [9.17, 15) is 31.2 Å². The molecule has 2 aromatic rings. The first-order chi connectivity index (χ1) is 19.1. The Morgan fingerprint density at radius 3 is 1.65 bits per heavy atom. The van der Waals surface area contributed by atoms with E-state index in [1.54, 1.807) is 0 Å². The predicted octanol–water partition coefficient (Wildman–Crippen LogP) is 0.0731. The number of hydrogen-bond donors (Lipinski definition) is 3. The van der Waals surface area contributed by atoms with Crippen LogP contribution in [0.15, 0.2) is 58.3 Å². The Labute approximate surface area is 232 Å². The molecule has 0 radical (unpaired) electrons. The number of morpholine rings is 1. The smallest absolute Gasteiger partial charge is 0.269 e. The van der Waals surface area contributed by atoms with Crippen LogP contribution in [0.5, 0.6) is 0 Å². The van der Waals surface area contributed by atoms with Crippen molar-refractivity contribution in [1.29, 1.82) is 0 Å². The van der Waals surface area contributed by atoms with E-state index < -0.39 is 44.3 Å². The molecule has 2 heterocycles. The quantitative estimate of drug-likeness (QED) is 0.361. The zero-order chi connectivity index (χ0) is 28.8. The van der Waals surface area contributed by atoms with Crippen LogP contribution in [0, 0.1) is 0 Å². The average molecular weight is 594 g/mol. The molecule has 4 rings (SSSR count). The number of hydrogen-bond acceptors (Lipinski definition) is 8. The van der Waals surface area contributed by atoms with Crippen LogP contribution in [-0.2, 0) is 29.6 Å². The van der Waals surface area contributed by atoms with Crippen molar-refractivity contribution in [3.05, 3.63) is 59.7 Å². The second kappa shape index (κ2) is 12.9. The summed E-state index contributed by atoms with van der Waals surface area (Å²) in [4.78, 5) is 37.0. The molecule has 0 aromatic heterocycles. The van der Waals surface area contributed by atoms with Crippen LogP contribution in [0.25, 0.3) is 0 Å². The summed E-state index contributed by atoms with van der Waals surface area (Å²) in [6.45, 7) is 1.62. The lowest BCUT2D eigenvalue weighted by molar-refractivity contribution is -0.120. The van der Waals surface area contributed by atoms with Gasteiger partial charge in [0.2, 0.25) is 20.0 Å². The SMILES string of the molecule is O=C(CNC(=O)c1ccc(S(=O)(=O)N2CCOCC2)cc1)NNC(=O)c1ccc(S(=O)(=O)N2CCCCC2)cc1. The van der Waals surface area contributed by atoms with Gasteiger partial charge in [0.05, 0.1) is 29.5 Å². The summed E-state index contributed by atoms with van der Waals surface area (Å²) < 4.78 is 58.8. The van der Waals surface area contributed by atoms with Crippen LogP contribution >= 0.6 is 0 Å². The molecule has 2 aliphatic rings. The number of carbonyl (C=O) groups is 3. The fourth-order valence-electron chi connectivity index (χ4n) is 4.25. The molecule has 15 heteroatoms. The highest BCUT2D eigenvalue weighted by atomic mass is 32.2. The molecular weight excluding hydrogens is 562 g/mol. The van der Waals surface area contributed by atoms with Crippen molar-refractivity contribution in [2.75, 3.05) is 45.9 Å². The number of sulfonamides is 2. The van der Waals surface area contributed by atoms with Crippen molar-refractivity contribution < 1.29 is 36.0 Å². The molecule has 0 aliphatic carbocycles. The number of hydrazine groups is 1. The van der Waals surface area contributed by atoms with E-state index in [4.69, 9.17) is 4.74 Å². The molecule has 2 aliphatic heterocycles. The Morgan fingerprint density at radius 1 is 0.650 bits per heavy atom. The monoisotopic (exact) mass is 593 g/mol. The largest absolute Gasteiger partial charge is 0.379 e. The van der Waals surface area contributed by atoms with Crippen molar-refractivity contribution in [2.24, 2.45) is 0 Å². The minimum atomic E-state index is -3.70. The Morgan fingerprint density at radius 2 is 1.12 bits per heavy atom. The fraction of sp³-hybridized carbons (Fsp3) is 0.400. The maximum Gasteiger partial charge on any atom is 0.269 e. The number of rotatable bonds is 8. The standard InChI is InChI=1S/C25H31N5O8S2/c31-23(18-26-24(32)19-4-8-22(9-5-19)40(36,37)30-14-16-38-17-15-30)27-28-25(33)20-6-10-21(11-7-20)39(34,35)29-12-2-1-3-13-29/h4-11H,1-3,12-18H2,(H,26,32)(H,27,31)(H,28,33). The molecule has 40 heavy (non-hydrogen) atoms. The van der Waals surface area contributed by atoms with E-state index in [1.807, 2.05) is 0 Å². The lowest BCUT2D eigenvalue weighted by Gasteiger charge is -2.26. The van der Waals surface area contributed by atoms with Crippen LogP contribution in [0.4, 0.5) is 0 Å². The first-order valence-electron chi connectivity index (χ1n) is 12.7. The molecule has 3 N–H and O–H groups in total. The van der Waals surface area contributed by atoms with Gasteiger partial charge >= 0.3 is 0 Å². The van der Waals surface area contributed by atoms with E-state index in [2.05, 4.69) is 16.2 Å². The molecule has 0 unspecified atom stereocenters. The lowest BCUT2D eigenvalue weighted by Crippen LogP contribution is -2.46. The van der Waals surface area contributed by atoms with Crippen molar-refractivity contribution in [2.45, 2.75) is 29.1 Å². The van der Waals surface area contributed by atoms with Gasteiger partial charge in [-0.3, -0.25) is 25.2 Å². The molecule has 2 fully saturated rings. The van der Waals surface area contributed by atoms with Crippen molar-refractivity contribution in [3.63, 3.8) is 0 Å². The number of nitrogens with zero attached hydrogens (tertiary/aromatic N) is 2. The highest BCUT2D eigenvalue weighted by Gasteiger charge is 2.27. The summed E-state index contributed by atoms with van der Waals surface area (Å²) in [6.07, 6.45) is 2.62. The average Bonchev–Trinajstić information content (AvgIpc) is 2.99. The van der Waals surface area contributed by atoms with Gasteiger partial charge in [-0.05, 0) is 61.4 Å². The summed E-state index contributed by atoms with van der Waals surface area (Å²) in [5.41, 5.74) is 4.67. The van der Waals surface area contributed by atoms with Gasteiger partial charge in [-0.2, -0.15) is 8.61 Å². The third-order valence-electron chi connectivity index (χ3n) is 6.52. The Balaban J connectivity index is 1.24. The second-order valence-corrected chi connectivity index (χ2v) is 13.1. The zero-order valence-electron chi connectivity index (χ0n) is 21.7. The number of carbonyl (C=O) groups excluding carboxylic acids is 3. The Bertz CT molecular complexity index is 1320. The first kappa shape index (κ1) is 29.6.